The molecule has 1 aliphatic heterocycles. The van der Waals surface area contributed by atoms with E-state index in [1.807, 2.05) is 14.1 Å². The van der Waals surface area contributed by atoms with Crippen molar-refractivity contribution in [2.24, 2.45) is 0 Å². The summed E-state index contributed by atoms with van der Waals surface area (Å²) in [6, 6.07) is 6.54. The first-order chi connectivity index (χ1) is 22.6. The number of amides is 1. The maximum absolute atomic E-state index is 13.4. The molecule has 0 atom stereocenters. The summed E-state index contributed by atoms with van der Waals surface area (Å²) in [5, 5.41) is 20.1. The Morgan fingerprint density at radius 1 is 1.09 bits per heavy atom. The maximum Gasteiger partial charge on any atom is 0.387 e. The van der Waals surface area contributed by atoms with Crippen LogP contribution in [0, 0.1) is 0 Å². The Kier molecular flexibility index (Phi) is 9.30. The number of carbonyl (C=O) groups excluding carboxylic acids is 1. The molecule has 0 radical (unpaired) electrons. The quantitative estimate of drug-likeness (QED) is 0.177. The fourth-order valence-electron chi connectivity index (χ4n) is 5.27. The Morgan fingerprint density at radius 2 is 1.89 bits per heavy atom. The predicted molar refractivity (Wildman–Crippen MR) is 160 cm³/mol. The van der Waals surface area contributed by atoms with Crippen LogP contribution in [0.5, 0.6) is 11.5 Å². The number of rotatable bonds is 14. The molecule has 18 heteroatoms. The molecule has 0 spiro atoms. The Bertz CT molecular complexity index is 1830. The van der Waals surface area contributed by atoms with E-state index in [9.17, 15) is 22.4 Å². The Balaban J connectivity index is 1.28. The molecular weight excluding hydrogens is 626 g/mol. The van der Waals surface area contributed by atoms with Gasteiger partial charge in [-0.2, -0.15) is 27.5 Å². The van der Waals surface area contributed by atoms with E-state index in [2.05, 4.69) is 50.1 Å². The number of nitrogens with one attached hydrogen (secondary N) is 1. The van der Waals surface area contributed by atoms with Crippen molar-refractivity contribution in [3.05, 3.63) is 66.5 Å². The minimum atomic E-state index is -3.23. The minimum absolute atomic E-state index is 0.00286. The van der Waals surface area contributed by atoms with Gasteiger partial charge in [0.2, 0.25) is 0 Å². The third-order valence-corrected chi connectivity index (χ3v) is 7.44. The van der Waals surface area contributed by atoms with Crippen LogP contribution in [0.4, 0.5) is 23.2 Å². The zero-order valence-electron chi connectivity index (χ0n) is 25.4. The lowest BCUT2D eigenvalue weighted by molar-refractivity contribution is -0.0526. The number of hydrogen-bond acceptors (Lipinski definition) is 10. The van der Waals surface area contributed by atoms with E-state index in [1.54, 1.807) is 33.7 Å². The SMILES string of the molecule is CN(C)CCCN1CC(n2nnc(Cn3cc(NC(=O)c4ccn5cccnc45)c(-c4cc(OC(F)F)ccc4OC(F)F)n3)n2)C1. The van der Waals surface area contributed by atoms with Gasteiger partial charge in [-0.1, -0.05) is 0 Å². The van der Waals surface area contributed by atoms with Crippen LogP contribution in [0.25, 0.3) is 16.9 Å². The summed E-state index contributed by atoms with van der Waals surface area (Å²) in [5.41, 5.74) is 0.492. The second kappa shape index (κ2) is 13.7. The lowest BCUT2D eigenvalue weighted by Crippen LogP contribution is -2.49. The number of likely N-dealkylation sites (tertiary alicyclic amines) is 1. The van der Waals surface area contributed by atoms with Crippen LogP contribution in [0.2, 0.25) is 0 Å². The normalized spacial score (nSPS) is 14.0. The lowest BCUT2D eigenvalue weighted by Gasteiger charge is -2.38. The minimum Gasteiger partial charge on any atom is -0.435 e. The molecule has 0 aliphatic carbocycles. The van der Waals surface area contributed by atoms with Crippen LogP contribution >= 0.6 is 0 Å². The van der Waals surface area contributed by atoms with E-state index in [4.69, 9.17) is 0 Å². The van der Waals surface area contributed by atoms with Crippen molar-refractivity contribution in [1.29, 1.82) is 0 Å². The van der Waals surface area contributed by atoms with E-state index in [-0.39, 0.29) is 46.6 Å². The lowest BCUT2D eigenvalue weighted by atomic mass is 10.1. The van der Waals surface area contributed by atoms with Crippen molar-refractivity contribution in [3.63, 3.8) is 0 Å². The van der Waals surface area contributed by atoms with Gasteiger partial charge in [0, 0.05) is 37.9 Å². The zero-order chi connectivity index (χ0) is 33.1. The van der Waals surface area contributed by atoms with Gasteiger partial charge in [0.25, 0.3) is 5.91 Å². The number of fused-ring (bicyclic) bond motifs is 1. The van der Waals surface area contributed by atoms with Crippen molar-refractivity contribution in [1.82, 2.24) is 49.2 Å². The van der Waals surface area contributed by atoms with Gasteiger partial charge in [0.15, 0.2) is 5.82 Å². The number of tetrazole rings is 1. The van der Waals surface area contributed by atoms with Crippen molar-refractivity contribution in [2.75, 3.05) is 45.6 Å². The van der Waals surface area contributed by atoms with Gasteiger partial charge in [-0.3, -0.25) is 14.4 Å². The molecule has 4 aromatic heterocycles. The fourth-order valence-corrected chi connectivity index (χ4v) is 5.27. The fraction of sp³-hybridized carbons (Fsp3) is 0.379. The highest BCUT2D eigenvalue weighted by Gasteiger charge is 2.30. The Hall–Kier alpha value is -5.10. The van der Waals surface area contributed by atoms with Gasteiger partial charge in [-0.05, 0) is 69.2 Å². The van der Waals surface area contributed by atoms with Crippen molar-refractivity contribution >= 4 is 17.2 Å². The molecule has 1 fully saturated rings. The first-order valence-electron chi connectivity index (χ1n) is 14.6. The largest absolute Gasteiger partial charge is 0.435 e. The van der Waals surface area contributed by atoms with Crippen molar-refractivity contribution < 1.29 is 31.8 Å². The van der Waals surface area contributed by atoms with Crippen LogP contribution in [0.1, 0.15) is 28.6 Å². The third kappa shape index (κ3) is 7.49. The molecule has 14 nitrogen and oxygen atoms in total. The summed E-state index contributed by atoms with van der Waals surface area (Å²) in [6.07, 6.45) is 7.40. The molecule has 1 aliphatic rings. The maximum atomic E-state index is 13.4. The van der Waals surface area contributed by atoms with Crippen LogP contribution < -0.4 is 14.8 Å². The molecule has 1 N–H and O–H groups in total. The second-order valence-corrected chi connectivity index (χ2v) is 11.1. The van der Waals surface area contributed by atoms with Crippen LogP contribution in [0.15, 0.2) is 55.1 Å². The van der Waals surface area contributed by atoms with E-state index in [0.717, 1.165) is 50.8 Å². The molecule has 6 rings (SSSR count). The molecule has 5 aromatic rings. The number of alkyl halides is 4. The van der Waals surface area contributed by atoms with E-state index in [0.29, 0.717) is 11.5 Å². The van der Waals surface area contributed by atoms with Gasteiger partial charge in [0.05, 0.1) is 22.9 Å². The monoisotopic (exact) mass is 657 g/mol. The summed E-state index contributed by atoms with van der Waals surface area (Å²) in [5.74, 6) is -0.966. The molecule has 248 valence electrons. The number of carbonyl (C=O) groups is 1. The first-order valence-corrected chi connectivity index (χ1v) is 14.6. The zero-order valence-corrected chi connectivity index (χ0v) is 25.4. The molecular formula is C29H31F4N11O3. The van der Waals surface area contributed by atoms with E-state index < -0.39 is 19.1 Å². The van der Waals surface area contributed by atoms with Crippen LogP contribution in [-0.4, -0.2) is 109 Å². The number of halogens is 4. The summed E-state index contributed by atoms with van der Waals surface area (Å²) < 4.78 is 65.1. The molecule has 1 amide bonds. The molecule has 1 saturated heterocycles. The van der Waals surface area contributed by atoms with Gasteiger partial charge < -0.3 is 24.1 Å². The highest BCUT2D eigenvalue weighted by Crippen LogP contribution is 2.38. The number of anilines is 1. The van der Waals surface area contributed by atoms with Gasteiger partial charge >= 0.3 is 13.2 Å². The van der Waals surface area contributed by atoms with Crippen molar-refractivity contribution in [2.45, 2.75) is 32.2 Å². The van der Waals surface area contributed by atoms with E-state index >= 15 is 0 Å². The van der Waals surface area contributed by atoms with Crippen LogP contribution in [-0.2, 0) is 6.54 Å². The molecule has 5 heterocycles. The number of ether oxygens (including phenoxy) is 2. The average Bonchev–Trinajstić information content (AvgIpc) is 3.73. The molecule has 0 unspecified atom stereocenters. The summed E-state index contributed by atoms with van der Waals surface area (Å²) in [4.78, 5) is 23.7. The summed E-state index contributed by atoms with van der Waals surface area (Å²) >= 11 is 0. The predicted octanol–water partition coefficient (Wildman–Crippen LogP) is 3.50. The molecule has 0 bridgehead atoms. The topological polar surface area (TPSA) is 133 Å². The van der Waals surface area contributed by atoms with Gasteiger partial charge in [0.1, 0.15) is 29.4 Å². The smallest absolute Gasteiger partial charge is 0.387 e. The highest BCUT2D eigenvalue weighted by atomic mass is 19.3. The second-order valence-electron chi connectivity index (χ2n) is 11.1. The Morgan fingerprint density at radius 3 is 2.66 bits per heavy atom. The van der Waals surface area contributed by atoms with E-state index in [1.165, 1.54) is 17.1 Å². The number of hydrogen-bond donors (Lipinski definition) is 1. The van der Waals surface area contributed by atoms with Gasteiger partial charge in [-0.25, -0.2) is 4.98 Å². The molecule has 0 saturated carbocycles. The standard InChI is InChI=1S/C29H31F4N11O3/c1-40(2)9-4-10-41-14-18(15-41)44-37-24(36-39-44)17-43-16-22(35-27(45)20-7-12-42-11-3-8-34-26(20)42)25(38-43)21-13-19(46-28(30)31)5-6-23(21)47-29(32)33/h3,5-8,11-13,16,18,28-29H,4,9-10,14-15,17H2,1-2H3,(H,35,45). The molecule has 1 aromatic carbocycles. The Labute approximate surface area is 265 Å². The molecule has 47 heavy (non-hydrogen) atoms. The van der Waals surface area contributed by atoms with Crippen LogP contribution in [0.3, 0.4) is 0 Å². The third-order valence-electron chi connectivity index (χ3n) is 7.44. The number of nitrogens with zero attached hydrogens (tertiary/aromatic N) is 10. The van der Waals surface area contributed by atoms with Gasteiger partial charge in [-0.15, -0.1) is 10.2 Å². The number of aromatic nitrogens is 8. The number of benzene rings is 1. The first kappa shape index (κ1) is 31.9. The highest BCUT2D eigenvalue weighted by molar-refractivity contribution is 6.09. The average molecular weight is 658 g/mol. The summed E-state index contributed by atoms with van der Waals surface area (Å²) in [6.45, 7) is -2.86. The van der Waals surface area contributed by atoms with Crippen molar-refractivity contribution in [3.8, 4) is 22.8 Å². The summed E-state index contributed by atoms with van der Waals surface area (Å²) in [7, 11) is 4.08.